The van der Waals surface area contributed by atoms with E-state index in [9.17, 15) is 4.79 Å². The second kappa shape index (κ2) is 8.61. The second-order valence-corrected chi connectivity index (χ2v) is 6.99. The number of carbonyl (C=O) groups excluding carboxylic acids is 1. The third-order valence-electron chi connectivity index (χ3n) is 4.22. The van der Waals surface area contributed by atoms with Crippen molar-refractivity contribution in [3.8, 4) is 11.4 Å². The molecule has 1 amide bonds. The summed E-state index contributed by atoms with van der Waals surface area (Å²) in [6.45, 7) is 2.24. The lowest BCUT2D eigenvalue weighted by molar-refractivity contribution is 0.0938. The van der Waals surface area contributed by atoms with Crippen molar-refractivity contribution in [3.05, 3.63) is 82.6 Å². The highest BCUT2D eigenvalue weighted by Crippen LogP contribution is 2.17. The summed E-state index contributed by atoms with van der Waals surface area (Å²) in [7, 11) is 0. The lowest BCUT2D eigenvalue weighted by Gasteiger charge is -2.14. The fraction of sp³-hybridized carbons (Fsp3) is 0.150. The third-order valence-corrected chi connectivity index (χ3v) is 4.85. The molecule has 29 heavy (non-hydrogen) atoms. The zero-order chi connectivity index (χ0) is 20.1. The van der Waals surface area contributed by atoms with Crippen molar-refractivity contribution in [2.24, 2.45) is 0 Å². The molecule has 4 rings (SSSR count). The fourth-order valence-electron chi connectivity index (χ4n) is 2.73. The SMILES string of the molecule is CC(NC(=O)c1ccc(OCc2cscn2)cc1)c1nnnn1-c1ccccc1. The summed E-state index contributed by atoms with van der Waals surface area (Å²) in [4.78, 5) is 16.8. The minimum Gasteiger partial charge on any atom is -0.487 e. The molecule has 0 saturated carbocycles. The quantitative estimate of drug-likeness (QED) is 0.506. The Bertz CT molecular complexity index is 1060. The number of ether oxygens (including phenoxy) is 1. The average molecular weight is 406 g/mol. The number of benzene rings is 2. The van der Waals surface area contributed by atoms with Gasteiger partial charge in [0.05, 0.1) is 22.9 Å². The molecule has 2 aromatic heterocycles. The number of hydrogen-bond acceptors (Lipinski definition) is 7. The molecule has 0 bridgehead atoms. The van der Waals surface area contributed by atoms with Gasteiger partial charge in [-0.3, -0.25) is 4.79 Å². The molecule has 0 aliphatic heterocycles. The van der Waals surface area contributed by atoms with E-state index in [0.29, 0.717) is 23.7 Å². The van der Waals surface area contributed by atoms with Crippen molar-refractivity contribution < 1.29 is 9.53 Å². The Morgan fingerprint density at radius 3 is 2.69 bits per heavy atom. The Balaban J connectivity index is 1.40. The van der Waals surface area contributed by atoms with E-state index in [0.717, 1.165) is 11.4 Å². The minimum absolute atomic E-state index is 0.217. The van der Waals surface area contributed by atoms with Crippen LogP contribution in [-0.2, 0) is 6.61 Å². The topological polar surface area (TPSA) is 94.8 Å². The van der Waals surface area contributed by atoms with E-state index in [1.54, 1.807) is 34.5 Å². The highest BCUT2D eigenvalue weighted by atomic mass is 32.1. The van der Waals surface area contributed by atoms with Gasteiger partial charge in [0, 0.05) is 10.9 Å². The summed E-state index contributed by atoms with van der Waals surface area (Å²) >= 11 is 1.53. The van der Waals surface area contributed by atoms with Gasteiger partial charge in [0.1, 0.15) is 12.4 Å². The molecular weight excluding hydrogens is 388 g/mol. The van der Waals surface area contributed by atoms with Crippen LogP contribution in [0.4, 0.5) is 0 Å². The van der Waals surface area contributed by atoms with E-state index < -0.39 is 0 Å². The zero-order valence-corrected chi connectivity index (χ0v) is 16.4. The molecule has 0 aliphatic carbocycles. The molecule has 1 N–H and O–H groups in total. The molecule has 0 spiro atoms. The number of nitrogens with one attached hydrogen (secondary N) is 1. The van der Waals surface area contributed by atoms with E-state index in [2.05, 4.69) is 25.8 Å². The number of tetrazole rings is 1. The Kier molecular flexibility index (Phi) is 5.57. The van der Waals surface area contributed by atoms with Crippen LogP contribution >= 0.6 is 11.3 Å². The largest absolute Gasteiger partial charge is 0.487 e. The van der Waals surface area contributed by atoms with E-state index in [1.165, 1.54) is 11.3 Å². The predicted octanol–water partition coefficient (Wildman–Crippen LogP) is 3.19. The first-order chi connectivity index (χ1) is 14.2. The van der Waals surface area contributed by atoms with Gasteiger partial charge in [-0.1, -0.05) is 18.2 Å². The molecule has 4 aromatic rings. The molecule has 1 unspecified atom stereocenters. The number of para-hydroxylation sites is 1. The van der Waals surface area contributed by atoms with Crippen molar-refractivity contribution >= 4 is 17.2 Å². The van der Waals surface area contributed by atoms with Gasteiger partial charge in [0.2, 0.25) is 0 Å². The van der Waals surface area contributed by atoms with Crippen molar-refractivity contribution in [3.63, 3.8) is 0 Å². The molecule has 0 radical (unpaired) electrons. The number of rotatable bonds is 7. The first-order valence-corrected chi connectivity index (χ1v) is 9.89. The third kappa shape index (κ3) is 4.46. The van der Waals surface area contributed by atoms with Crippen LogP contribution in [0.3, 0.4) is 0 Å². The van der Waals surface area contributed by atoms with Crippen molar-refractivity contribution in [2.45, 2.75) is 19.6 Å². The molecule has 9 heteroatoms. The number of carbonyl (C=O) groups is 1. The van der Waals surface area contributed by atoms with Crippen LogP contribution in [0, 0.1) is 0 Å². The molecule has 0 aliphatic rings. The highest BCUT2D eigenvalue weighted by Gasteiger charge is 2.18. The lowest BCUT2D eigenvalue weighted by Crippen LogP contribution is -2.28. The minimum atomic E-state index is -0.377. The summed E-state index contributed by atoms with van der Waals surface area (Å²) in [6.07, 6.45) is 0. The van der Waals surface area contributed by atoms with E-state index in [4.69, 9.17) is 4.74 Å². The molecule has 8 nitrogen and oxygen atoms in total. The molecule has 146 valence electrons. The summed E-state index contributed by atoms with van der Waals surface area (Å²) in [5.74, 6) is 1.01. The number of thiazole rings is 1. The first kappa shape index (κ1) is 18.8. The number of amides is 1. The number of hydrogen-bond donors (Lipinski definition) is 1. The number of aromatic nitrogens is 5. The monoisotopic (exact) mass is 406 g/mol. The van der Waals surface area contributed by atoms with E-state index >= 15 is 0 Å². The second-order valence-electron chi connectivity index (χ2n) is 6.27. The number of nitrogens with zero attached hydrogens (tertiary/aromatic N) is 5. The average Bonchev–Trinajstić information content (AvgIpc) is 3.45. The standard InChI is InChI=1S/C20H18N6O2S/c1-14(19-23-24-25-26(19)17-5-3-2-4-6-17)22-20(27)15-7-9-18(10-8-15)28-11-16-12-29-13-21-16/h2-10,12-14H,11H2,1H3,(H,22,27). The molecule has 2 heterocycles. The van der Waals surface area contributed by atoms with Crippen LogP contribution in [0.1, 0.15) is 34.8 Å². The Labute approximate surface area is 171 Å². The summed E-state index contributed by atoms with van der Waals surface area (Å²) in [6, 6.07) is 16.1. The molecule has 2 aromatic carbocycles. The van der Waals surface area contributed by atoms with Gasteiger partial charge in [-0.2, -0.15) is 4.68 Å². The molecule has 0 fully saturated rings. The van der Waals surface area contributed by atoms with Crippen LogP contribution in [0.15, 0.2) is 65.5 Å². The van der Waals surface area contributed by atoms with Gasteiger partial charge in [0.25, 0.3) is 5.91 Å². The Hall–Kier alpha value is -3.59. The van der Waals surface area contributed by atoms with Crippen molar-refractivity contribution in [1.29, 1.82) is 0 Å². The van der Waals surface area contributed by atoms with Gasteiger partial charge in [-0.25, -0.2) is 4.98 Å². The highest BCUT2D eigenvalue weighted by molar-refractivity contribution is 7.07. The van der Waals surface area contributed by atoms with Crippen LogP contribution in [0.2, 0.25) is 0 Å². The van der Waals surface area contributed by atoms with E-state index in [-0.39, 0.29) is 11.9 Å². The lowest BCUT2D eigenvalue weighted by atomic mass is 10.2. The van der Waals surface area contributed by atoms with Gasteiger partial charge >= 0.3 is 0 Å². The Morgan fingerprint density at radius 1 is 1.17 bits per heavy atom. The maximum Gasteiger partial charge on any atom is 0.251 e. The Morgan fingerprint density at radius 2 is 1.97 bits per heavy atom. The maximum absolute atomic E-state index is 12.6. The summed E-state index contributed by atoms with van der Waals surface area (Å²) in [5, 5.41) is 16.7. The smallest absolute Gasteiger partial charge is 0.251 e. The van der Waals surface area contributed by atoms with Crippen LogP contribution in [-0.4, -0.2) is 31.1 Å². The molecule has 0 saturated heterocycles. The first-order valence-electron chi connectivity index (χ1n) is 8.95. The molecular formula is C20H18N6O2S. The van der Waals surface area contributed by atoms with E-state index in [1.807, 2.05) is 42.6 Å². The normalized spacial score (nSPS) is 11.8. The van der Waals surface area contributed by atoms with Crippen LogP contribution < -0.4 is 10.1 Å². The van der Waals surface area contributed by atoms with Crippen LogP contribution in [0.5, 0.6) is 5.75 Å². The van der Waals surface area contributed by atoms with Crippen LogP contribution in [0.25, 0.3) is 5.69 Å². The van der Waals surface area contributed by atoms with Gasteiger partial charge in [0.15, 0.2) is 5.82 Å². The maximum atomic E-state index is 12.6. The van der Waals surface area contributed by atoms with Crippen molar-refractivity contribution in [2.75, 3.05) is 0 Å². The van der Waals surface area contributed by atoms with Crippen molar-refractivity contribution in [1.82, 2.24) is 30.5 Å². The van der Waals surface area contributed by atoms with Gasteiger partial charge < -0.3 is 10.1 Å². The molecule has 1 atom stereocenters. The summed E-state index contributed by atoms with van der Waals surface area (Å²) in [5.41, 5.74) is 4.00. The summed E-state index contributed by atoms with van der Waals surface area (Å²) < 4.78 is 7.28. The van der Waals surface area contributed by atoms with Gasteiger partial charge in [-0.15, -0.1) is 16.4 Å². The predicted molar refractivity (Wildman–Crippen MR) is 108 cm³/mol. The van der Waals surface area contributed by atoms with Gasteiger partial charge in [-0.05, 0) is 53.7 Å². The zero-order valence-electron chi connectivity index (χ0n) is 15.6. The fourth-order valence-corrected chi connectivity index (χ4v) is 3.27.